The van der Waals surface area contributed by atoms with Crippen molar-refractivity contribution in [3.8, 4) is 11.8 Å². The molecule has 0 fully saturated rings. The molecule has 0 radical (unpaired) electrons. The van der Waals surface area contributed by atoms with Gasteiger partial charge in [0.1, 0.15) is 5.60 Å². The van der Waals surface area contributed by atoms with Crippen molar-refractivity contribution < 1.29 is 9.53 Å². The summed E-state index contributed by atoms with van der Waals surface area (Å²) in [7, 11) is 0. The molecule has 0 spiro atoms. The van der Waals surface area contributed by atoms with Crippen molar-refractivity contribution in [2.24, 2.45) is 0 Å². The summed E-state index contributed by atoms with van der Waals surface area (Å²) in [4.78, 5) is 12.2. The minimum Gasteiger partial charge on any atom is -0.456 e. The van der Waals surface area contributed by atoms with E-state index in [-0.39, 0.29) is 5.97 Å². The SMILES string of the molecule is CC(C)(C)OC(=O)c1ccccc1C#Cc1ccccc1. The summed E-state index contributed by atoms with van der Waals surface area (Å²) in [5, 5.41) is 0. The fourth-order valence-corrected chi connectivity index (χ4v) is 1.76. The number of hydrogen-bond acceptors (Lipinski definition) is 2. The average Bonchev–Trinajstić information content (AvgIpc) is 2.45. The number of rotatable bonds is 1. The lowest BCUT2D eigenvalue weighted by molar-refractivity contribution is 0.00693. The van der Waals surface area contributed by atoms with Gasteiger partial charge in [-0.05, 0) is 45.0 Å². The molecule has 2 nitrogen and oxygen atoms in total. The zero-order chi connectivity index (χ0) is 15.3. The Balaban J connectivity index is 2.30. The lowest BCUT2D eigenvalue weighted by Crippen LogP contribution is -2.24. The van der Waals surface area contributed by atoms with E-state index in [0.29, 0.717) is 11.1 Å². The van der Waals surface area contributed by atoms with Crippen molar-refractivity contribution in [3.63, 3.8) is 0 Å². The summed E-state index contributed by atoms with van der Waals surface area (Å²) < 4.78 is 5.41. The van der Waals surface area contributed by atoms with E-state index in [1.807, 2.05) is 69.3 Å². The summed E-state index contributed by atoms with van der Waals surface area (Å²) >= 11 is 0. The van der Waals surface area contributed by atoms with Crippen LogP contribution >= 0.6 is 0 Å². The van der Waals surface area contributed by atoms with Crippen LogP contribution in [0, 0.1) is 11.8 Å². The number of ether oxygens (including phenoxy) is 1. The van der Waals surface area contributed by atoms with Gasteiger partial charge in [-0.2, -0.15) is 0 Å². The van der Waals surface area contributed by atoms with E-state index in [4.69, 9.17) is 4.74 Å². The van der Waals surface area contributed by atoms with E-state index in [0.717, 1.165) is 5.56 Å². The van der Waals surface area contributed by atoms with Gasteiger partial charge in [0.2, 0.25) is 0 Å². The molecule has 0 amide bonds. The van der Waals surface area contributed by atoms with Crippen LogP contribution in [0.25, 0.3) is 0 Å². The molecule has 0 saturated carbocycles. The van der Waals surface area contributed by atoms with E-state index in [1.54, 1.807) is 6.07 Å². The molecule has 21 heavy (non-hydrogen) atoms. The summed E-state index contributed by atoms with van der Waals surface area (Å²) in [6, 6.07) is 16.9. The third-order valence-electron chi connectivity index (χ3n) is 2.66. The van der Waals surface area contributed by atoms with Gasteiger partial charge in [-0.25, -0.2) is 4.79 Å². The van der Waals surface area contributed by atoms with Crippen molar-refractivity contribution in [2.75, 3.05) is 0 Å². The molecule has 0 aliphatic heterocycles. The van der Waals surface area contributed by atoms with E-state index in [1.165, 1.54) is 0 Å². The highest BCUT2D eigenvalue weighted by Gasteiger charge is 2.19. The molecule has 2 rings (SSSR count). The smallest absolute Gasteiger partial charge is 0.339 e. The Labute approximate surface area is 125 Å². The molecule has 0 aromatic heterocycles. The number of esters is 1. The first-order chi connectivity index (χ1) is 9.96. The molecule has 0 heterocycles. The summed E-state index contributed by atoms with van der Waals surface area (Å²) in [6.45, 7) is 5.55. The van der Waals surface area contributed by atoms with Crippen LogP contribution < -0.4 is 0 Å². The monoisotopic (exact) mass is 278 g/mol. The van der Waals surface area contributed by atoms with Gasteiger partial charge >= 0.3 is 5.97 Å². The minimum absolute atomic E-state index is 0.347. The Bertz CT molecular complexity index is 683. The molecule has 0 saturated heterocycles. The molecule has 0 atom stereocenters. The predicted octanol–water partition coefficient (Wildman–Crippen LogP) is 4.04. The normalized spacial score (nSPS) is 10.4. The average molecular weight is 278 g/mol. The van der Waals surface area contributed by atoms with Crippen LogP contribution in [-0.4, -0.2) is 11.6 Å². The van der Waals surface area contributed by atoms with E-state index >= 15 is 0 Å². The van der Waals surface area contributed by atoms with Gasteiger partial charge in [-0.15, -0.1) is 0 Å². The summed E-state index contributed by atoms with van der Waals surface area (Å²) in [5.41, 5.74) is 1.57. The first-order valence-corrected chi connectivity index (χ1v) is 6.85. The maximum atomic E-state index is 12.2. The maximum Gasteiger partial charge on any atom is 0.339 e. The summed E-state index contributed by atoms with van der Waals surface area (Å²) in [5.74, 6) is 5.76. The molecule has 0 aliphatic rings. The van der Waals surface area contributed by atoms with Crippen LogP contribution in [-0.2, 0) is 4.74 Å². The van der Waals surface area contributed by atoms with Crippen LogP contribution in [0.2, 0.25) is 0 Å². The number of carbonyl (C=O) groups is 1. The van der Waals surface area contributed by atoms with Crippen LogP contribution in [0.1, 0.15) is 42.3 Å². The highest BCUT2D eigenvalue weighted by Crippen LogP contribution is 2.15. The second-order valence-corrected chi connectivity index (χ2v) is 5.66. The summed E-state index contributed by atoms with van der Waals surface area (Å²) in [6.07, 6.45) is 0. The molecule has 0 aliphatic carbocycles. The lowest BCUT2D eigenvalue weighted by atomic mass is 10.1. The Hall–Kier alpha value is -2.53. The highest BCUT2D eigenvalue weighted by molar-refractivity contribution is 5.92. The fourth-order valence-electron chi connectivity index (χ4n) is 1.76. The molecule has 2 aromatic rings. The first-order valence-electron chi connectivity index (χ1n) is 6.85. The van der Waals surface area contributed by atoms with Gasteiger partial charge < -0.3 is 4.74 Å². The Morgan fingerprint density at radius 2 is 1.52 bits per heavy atom. The van der Waals surface area contributed by atoms with Gasteiger partial charge in [0.25, 0.3) is 0 Å². The number of benzene rings is 2. The Morgan fingerprint density at radius 1 is 0.905 bits per heavy atom. The molecular formula is C19H18O2. The molecule has 2 heteroatoms. The fraction of sp³-hybridized carbons (Fsp3) is 0.211. The first kappa shape index (κ1) is 14.9. The molecular weight excluding hydrogens is 260 g/mol. The van der Waals surface area contributed by atoms with Crippen molar-refractivity contribution in [1.82, 2.24) is 0 Å². The minimum atomic E-state index is -0.517. The zero-order valence-electron chi connectivity index (χ0n) is 12.5. The van der Waals surface area contributed by atoms with E-state index in [9.17, 15) is 4.79 Å². The third kappa shape index (κ3) is 4.50. The Morgan fingerprint density at radius 3 is 2.19 bits per heavy atom. The quantitative estimate of drug-likeness (QED) is 0.581. The largest absolute Gasteiger partial charge is 0.456 e. The lowest BCUT2D eigenvalue weighted by Gasteiger charge is -2.19. The van der Waals surface area contributed by atoms with Crippen molar-refractivity contribution in [3.05, 3.63) is 71.3 Å². The van der Waals surface area contributed by atoms with Crippen molar-refractivity contribution in [1.29, 1.82) is 0 Å². The van der Waals surface area contributed by atoms with Crippen LogP contribution in [0.15, 0.2) is 54.6 Å². The highest BCUT2D eigenvalue weighted by atomic mass is 16.6. The predicted molar refractivity (Wildman–Crippen MR) is 84.0 cm³/mol. The van der Waals surface area contributed by atoms with Gasteiger partial charge in [-0.1, -0.05) is 42.2 Å². The molecule has 0 bridgehead atoms. The van der Waals surface area contributed by atoms with Crippen molar-refractivity contribution >= 4 is 5.97 Å². The molecule has 106 valence electrons. The van der Waals surface area contributed by atoms with Gasteiger partial charge in [0.05, 0.1) is 5.56 Å². The Kier molecular flexibility index (Phi) is 4.45. The van der Waals surface area contributed by atoms with Gasteiger partial charge in [0.15, 0.2) is 0 Å². The number of carbonyl (C=O) groups excluding carboxylic acids is 1. The standard InChI is InChI=1S/C19H18O2/c1-19(2,3)21-18(20)17-12-8-7-11-16(17)14-13-15-9-5-4-6-10-15/h4-12H,1-3H3. The van der Waals surface area contributed by atoms with Crippen LogP contribution in [0.5, 0.6) is 0 Å². The second kappa shape index (κ2) is 6.28. The molecule has 0 unspecified atom stereocenters. The number of hydrogen-bond donors (Lipinski definition) is 0. The van der Waals surface area contributed by atoms with Crippen molar-refractivity contribution in [2.45, 2.75) is 26.4 Å². The topological polar surface area (TPSA) is 26.3 Å². The second-order valence-electron chi connectivity index (χ2n) is 5.66. The van der Waals surface area contributed by atoms with Gasteiger partial charge in [-0.3, -0.25) is 0 Å². The van der Waals surface area contributed by atoms with E-state index < -0.39 is 5.60 Å². The zero-order valence-corrected chi connectivity index (χ0v) is 12.5. The molecule has 0 N–H and O–H groups in total. The van der Waals surface area contributed by atoms with Crippen LogP contribution in [0.3, 0.4) is 0 Å². The van der Waals surface area contributed by atoms with E-state index in [2.05, 4.69) is 11.8 Å². The maximum absolute atomic E-state index is 12.2. The third-order valence-corrected chi connectivity index (χ3v) is 2.66. The molecule has 2 aromatic carbocycles. The van der Waals surface area contributed by atoms with Crippen LogP contribution in [0.4, 0.5) is 0 Å². The van der Waals surface area contributed by atoms with Gasteiger partial charge in [0, 0.05) is 11.1 Å².